The highest BCUT2D eigenvalue weighted by Gasteiger charge is 2.20. The Balaban J connectivity index is 2.49. The van der Waals surface area contributed by atoms with Crippen LogP contribution in [0.3, 0.4) is 0 Å². The molecule has 0 aliphatic heterocycles. The zero-order chi connectivity index (χ0) is 15.6. The lowest BCUT2D eigenvalue weighted by atomic mass is 10.1. The normalized spacial score (nSPS) is 10.2. The number of rotatable bonds is 4. The number of ether oxygens (including phenoxy) is 1. The molecular weight excluding hydrogens is 281 g/mol. The Kier molecular flexibility index (Phi) is 3.84. The predicted octanol–water partition coefficient (Wildman–Crippen LogP) is 3.53. The van der Waals surface area contributed by atoms with Crippen LogP contribution in [0.2, 0.25) is 0 Å². The van der Waals surface area contributed by atoms with Gasteiger partial charge in [-0.1, -0.05) is 12.1 Å². The van der Waals surface area contributed by atoms with Crippen LogP contribution in [0.15, 0.2) is 36.4 Å². The molecule has 0 saturated carbocycles. The minimum Gasteiger partial charge on any atom is -0.477 e. The largest absolute Gasteiger partial charge is 0.477 e. The van der Waals surface area contributed by atoms with Crippen molar-refractivity contribution < 1.29 is 24.0 Å². The number of benzene rings is 2. The van der Waals surface area contributed by atoms with Gasteiger partial charge in [-0.15, -0.1) is 0 Å². The minimum atomic E-state index is -1.48. The molecule has 0 amide bonds. The number of nitrogens with zero attached hydrogens (tertiary/aromatic N) is 1. The van der Waals surface area contributed by atoms with Crippen LogP contribution >= 0.6 is 0 Å². The molecule has 21 heavy (non-hydrogen) atoms. The number of nitro benzene ring substituents is 1. The molecule has 2 aromatic rings. The van der Waals surface area contributed by atoms with Gasteiger partial charge < -0.3 is 9.84 Å². The molecule has 0 bridgehead atoms. The van der Waals surface area contributed by atoms with Gasteiger partial charge in [-0.05, 0) is 25.1 Å². The number of carbonyl (C=O) groups is 1. The summed E-state index contributed by atoms with van der Waals surface area (Å²) in [5, 5.41) is 19.9. The molecule has 2 aromatic carbocycles. The van der Waals surface area contributed by atoms with Crippen LogP contribution in [-0.4, -0.2) is 16.0 Å². The van der Waals surface area contributed by atoms with Crippen LogP contribution < -0.4 is 4.74 Å². The number of nitro groups is 1. The third-order valence-corrected chi connectivity index (χ3v) is 2.86. The van der Waals surface area contributed by atoms with Crippen molar-refractivity contribution in [1.29, 1.82) is 0 Å². The molecule has 7 heteroatoms. The molecule has 0 aromatic heterocycles. The number of aromatic carboxylic acids is 1. The molecule has 0 aliphatic carbocycles. The molecular formula is C14H10FNO5. The van der Waals surface area contributed by atoms with Crippen molar-refractivity contribution in [3.8, 4) is 11.5 Å². The van der Waals surface area contributed by atoms with Gasteiger partial charge >= 0.3 is 5.97 Å². The van der Waals surface area contributed by atoms with E-state index in [0.717, 1.165) is 6.07 Å². The van der Waals surface area contributed by atoms with Gasteiger partial charge in [0.1, 0.15) is 22.9 Å². The Morgan fingerprint density at radius 1 is 1.24 bits per heavy atom. The summed E-state index contributed by atoms with van der Waals surface area (Å²) in [7, 11) is 0. The van der Waals surface area contributed by atoms with E-state index in [0.29, 0.717) is 0 Å². The summed E-state index contributed by atoms with van der Waals surface area (Å²) >= 11 is 0. The van der Waals surface area contributed by atoms with Gasteiger partial charge in [-0.25, -0.2) is 9.18 Å². The van der Waals surface area contributed by atoms with Crippen LogP contribution in [0.5, 0.6) is 11.5 Å². The highest BCUT2D eigenvalue weighted by molar-refractivity contribution is 5.91. The highest BCUT2D eigenvalue weighted by atomic mass is 19.1. The number of carboxylic acid groups (broad SMARTS) is 1. The Morgan fingerprint density at radius 3 is 2.48 bits per heavy atom. The zero-order valence-electron chi connectivity index (χ0n) is 10.9. The molecule has 0 atom stereocenters. The van der Waals surface area contributed by atoms with Gasteiger partial charge in [0.2, 0.25) is 0 Å². The van der Waals surface area contributed by atoms with Gasteiger partial charge in [0, 0.05) is 6.07 Å². The Bertz CT molecular complexity index is 729. The average Bonchev–Trinajstić information content (AvgIpc) is 2.40. The molecule has 6 nitrogen and oxygen atoms in total. The lowest BCUT2D eigenvalue weighted by molar-refractivity contribution is -0.385. The maximum absolute atomic E-state index is 13.5. The summed E-state index contributed by atoms with van der Waals surface area (Å²) in [5.41, 5.74) is -0.563. The van der Waals surface area contributed by atoms with Crippen LogP contribution in [0, 0.1) is 22.9 Å². The summed E-state index contributed by atoms with van der Waals surface area (Å²) in [6, 6.07) is 7.72. The molecule has 2 rings (SSSR count). The molecule has 0 spiro atoms. The second-order valence-electron chi connectivity index (χ2n) is 4.18. The molecule has 0 saturated heterocycles. The Labute approximate surface area is 118 Å². The van der Waals surface area contributed by atoms with E-state index >= 15 is 0 Å². The third kappa shape index (κ3) is 2.81. The lowest BCUT2D eigenvalue weighted by Crippen LogP contribution is -2.04. The van der Waals surface area contributed by atoms with Crippen molar-refractivity contribution in [1.82, 2.24) is 0 Å². The summed E-state index contributed by atoms with van der Waals surface area (Å²) in [6.07, 6.45) is 0. The van der Waals surface area contributed by atoms with E-state index < -0.39 is 22.3 Å². The standard InChI is InChI=1S/C14H10FNO5/c1-8-10(16(19)20)5-3-6-11(8)21-12-7-2-4-9(15)13(12)14(17)18/h2-7H,1H3,(H,17,18). The molecule has 1 N–H and O–H groups in total. The van der Waals surface area contributed by atoms with Crippen molar-refractivity contribution in [2.45, 2.75) is 6.92 Å². The maximum atomic E-state index is 13.5. The van der Waals surface area contributed by atoms with E-state index in [2.05, 4.69) is 0 Å². The predicted molar refractivity (Wildman–Crippen MR) is 71.3 cm³/mol. The van der Waals surface area contributed by atoms with Crippen molar-refractivity contribution in [3.63, 3.8) is 0 Å². The van der Waals surface area contributed by atoms with E-state index in [9.17, 15) is 19.3 Å². The van der Waals surface area contributed by atoms with Gasteiger partial charge in [-0.3, -0.25) is 10.1 Å². The van der Waals surface area contributed by atoms with Crippen LogP contribution in [0.25, 0.3) is 0 Å². The van der Waals surface area contributed by atoms with E-state index in [-0.39, 0.29) is 22.7 Å². The van der Waals surface area contributed by atoms with Crippen LogP contribution in [-0.2, 0) is 0 Å². The first-order valence-corrected chi connectivity index (χ1v) is 5.85. The Hall–Kier alpha value is -2.96. The topological polar surface area (TPSA) is 89.7 Å². The first-order valence-electron chi connectivity index (χ1n) is 5.85. The Morgan fingerprint density at radius 2 is 1.86 bits per heavy atom. The number of halogens is 1. The van der Waals surface area contributed by atoms with Gasteiger partial charge in [0.15, 0.2) is 0 Å². The van der Waals surface area contributed by atoms with Crippen molar-refractivity contribution in [2.75, 3.05) is 0 Å². The number of hydrogen-bond donors (Lipinski definition) is 1. The maximum Gasteiger partial charge on any atom is 0.342 e. The molecule has 0 unspecified atom stereocenters. The average molecular weight is 291 g/mol. The summed E-state index contributed by atoms with van der Waals surface area (Å²) in [6.45, 7) is 1.47. The number of carboxylic acids is 1. The van der Waals surface area contributed by atoms with E-state index in [1.165, 1.54) is 37.3 Å². The molecule has 0 fully saturated rings. The monoisotopic (exact) mass is 291 g/mol. The summed E-state index contributed by atoms with van der Waals surface area (Å²) in [5.74, 6) is -2.54. The third-order valence-electron chi connectivity index (χ3n) is 2.86. The van der Waals surface area contributed by atoms with Crippen LogP contribution in [0.1, 0.15) is 15.9 Å². The molecule has 0 radical (unpaired) electrons. The van der Waals surface area contributed by atoms with Gasteiger partial charge in [-0.2, -0.15) is 0 Å². The molecule has 0 aliphatic rings. The van der Waals surface area contributed by atoms with Crippen LogP contribution in [0.4, 0.5) is 10.1 Å². The molecule has 0 heterocycles. The summed E-state index contributed by atoms with van der Waals surface area (Å²) in [4.78, 5) is 21.3. The smallest absolute Gasteiger partial charge is 0.342 e. The first kappa shape index (κ1) is 14.4. The fourth-order valence-corrected chi connectivity index (χ4v) is 1.83. The lowest BCUT2D eigenvalue weighted by Gasteiger charge is -2.11. The fourth-order valence-electron chi connectivity index (χ4n) is 1.83. The summed E-state index contributed by atoms with van der Waals surface area (Å²) < 4.78 is 18.9. The van der Waals surface area contributed by atoms with E-state index in [4.69, 9.17) is 9.84 Å². The second-order valence-corrected chi connectivity index (χ2v) is 4.18. The van der Waals surface area contributed by atoms with Crippen molar-refractivity contribution in [2.24, 2.45) is 0 Å². The fraction of sp³-hybridized carbons (Fsp3) is 0.0714. The molecule has 108 valence electrons. The highest BCUT2D eigenvalue weighted by Crippen LogP contribution is 2.33. The van der Waals surface area contributed by atoms with Gasteiger partial charge in [0.25, 0.3) is 5.69 Å². The quantitative estimate of drug-likeness (QED) is 0.687. The van der Waals surface area contributed by atoms with E-state index in [1.807, 2.05) is 0 Å². The minimum absolute atomic E-state index is 0.0947. The zero-order valence-corrected chi connectivity index (χ0v) is 10.9. The van der Waals surface area contributed by atoms with Crippen molar-refractivity contribution >= 4 is 11.7 Å². The second kappa shape index (κ2) is 5.58. The SMILES string of the molecule is Cc1c(Oc2cccc(F)c2C(=O)O)cccc1[N+](=O)[O-]. The van der Waals surface area contributed by atoms with E-state index in [1.54, 1.807) is 0 Å². The number of hydrogen-bond acceptors (Lipinski definition) is 4. The van der Waals surface area contributed by atoms with Crippen molar-refractivity contribution in [3.05, 3.63) is 63.5 Å². The first-order chi connectivity index (χ1) is 9.91. The van der Waals surface area contributed by atoms with Gasteiger partial charge in [0.05, 0.1) is 10.5 Å².